The second-order valence-corrected chi connectivity index (χ2v) is 6.57. The number of amides is 3. The van der Waals surface area contributed by atoms with Crippen LogP contribution >= 0.6 is 25.3 Å². The minimum atomic E-state index is -1.22. The average Bonchev–Trinajstić information content (AvgIpc) is 2.54. The third-order valence-electron chi connectivity index (χ3n) is 3.11. The van der Waals surface area contributed by atoms with Crippen LogP contribution in [-0.4, -0.2) is 65.0 Å². The fraction of sp³-hybridized carbons (Fsp3) is 0.714. The topological polar surface area (TPSA) is 151 Å². The molecule has 25 heavy (non-hydrogen) atoms. The van der Waals surface area contributed by atoms with Gasteiger partial charge in [0.2, 0.25) is 17.7 Å². The van der Waals surface area contributed by atoms with Crippen molar-refractivity contribution in [3.8, 4) is 0 Å². The number of hydrogen-bond acceptors (Lipinski definition) is 7. The first-order valence-corrected chi connectivity index (χ1v) is 8.96. The van der Waals surface area contributed by atoms with E-state index in [0.717, 1.165) is 0 Å². The van der Waals surface area contributed by atoms with Crippen molar-refractivity contribution < 1.29 is 24.3 Å². The maximum atomic E-state index is 12.2. The number of rotatable bonds is 11. The van der Waals surface area contributed by atoms with E-state index in [1.54, 1.807) is 0 Å². The predicted molar refractivity (Wildman–Crippen MR) is 99.6 cm³/mol. The zero-order valence-corrected chi connectivity index (χ0v) is 16.0. The van der Waals surface area contributed by atoms with Gasteiger partial charge in [-0.25, -0.2) is 4.79 Å². The molecule has 0 aliphatic rings. The summed E-state index contributed by atoms with van der Waals surface area (Å²) in [7, 11) is 0. The molecule has 0 bridgehead atoms. The molecule has 0 aliphatic heterocycles. The standard InChI is InChI=1S/C14H26N4O5S2/c1-7(2)3-9(13(21)18-10(6-25)14(22)23)17-11(19)4-16-12(20)8(15)5-24/h7-10,24-25H,3-6,15H2,1-2H3,(H,16,20)(H,17,19)(H,18,21)(H,22,23). The minimum absolute atomic E-state index is 0.0718. The lowest BCUT2D eigenvalue weighted by molar-refractivity contribution is -0.141. The predicted octanol–water partition coefficient (Wildman–Crippen LogP) is -1.61. The summed E-state index contributed by atoms with van der Waals surface area (Å²) in [6, 6.07) is -2.92. The quantitative estimate of drug-likeness (QED) is 0.210. The molecule has 0 aromatic heterocycles. The number of aliphatic carboxylic acids is 1. The Hall–Kier alpha value is -1.46. The van der Waals surface area contributed by atoms with Crippen LogP contribution in [0.15, 0.2) is 0 Å². The van der Waals surface area contributed by atoms with Gasteiger partial charge >= 0.3 is 5.97 Å². The Morgan fingerprint density at radius 3 is 2.04 bits per heavy atom. The second kappa shape index (κ2) is 12.0. The molecule has 0 spiro atoms. The summed E-state index contributed by atoms with van der Waals surface area (Å²) < 4.78 is 0. The van der Waals surface area contributed by atoms with Crippen molar-refractivity contribution in [2.45, 2.75) is 38.4 Å². The molecule has 0 saturated carbocycles. The summed E-state index contributed by atoms with van der Waals surface area (Å²) in [4.78, 5) is 46.7. The third-order valence-corrected chi connectivity index (χ3v) is 3.87. The van der Waals surface area contributed by atoms with Gasteiger partial charge in [-0.15, -0.1) is 0 Å². The number of thiol groups is 2. The molecule has 0 saturated heterocycles. The lowest BCUT2D eigenvalue weighted by Crippen LogP contribution is -2.54. The van der Waals surface area contributed by atoms with Gasteiger partial charge in [-0.3, -0.25) is 14.4 Å². The molecule has 0 rings (SSSR count). The molecular weight excluding hydrogens is 368 g/mol. The zero-order valence-electron chi connectivity index (χ0n) is 14.2. The Balaban J connectivity index is 4.76. The van der Waals surface area contributed by atoms with E-state index in [0.29, 0.717) is 6.42 Å². The van der Waals surface area contributed by atoms with Crippen molar-refractivity contribution in [2.24, 2.45) is 11.7 Å². The van der Waals surface area contributed by atoms with Gasteiger partial charge in [-0.2, -0.15) is 25.3 Å². The van der Waals surface area contributed by atoms with Crippen LogP contribution in [0.2, 0.25) is 0 Å². The summed E-state index contributed by atoms with van der Waals surface area (Å²) in [5.74, 6) is -2.84. The lowest BCUT2D eigenvalue weighted by atomic mass is 10.0. The zero-order chi connectivity index (χ0) is 19.6. The minimum Gasteiger partial charge on any atom is -0.480 e. The van der Waals surface area contributed by atoms with E-state index < -0.39 is 41.8 Å². The highest BCUT2D eigenvalue weighted by molar-refractivity contribution is 7.80. The summed E-state index contributed by atoms with van der Waals surface area (Å²) in [5.41, 5.74) is 5.47. The van der Waals surface area contributed by atoms with E-state index in [1.807, 2.05) is 13.8 Å². The van der Waals surface area contributed by atoms with Crippen LogP contribution in [0.1, 0.15) is 20.3 Å². The van der Waals surface area contributed by atoms with Crippen molar-refractivity contribution in [3.05, 3.63) is 0 Å². The smallest absolute Gasteiger partial charge is 0.327 e. The fourth-order valence-corrected chi connectivity index (χ4v) is 2.20. The van der Waals surface area contributed by atoms with Gasteiger partial charge < -0.3 is 26.8 Å². The molecule has 11 heteroatoms. The normalized spacial score (nSPS) is 14.3. The van der Waals surface area contributed by atoms with Crippen LogP contribution in [0.3, 0.4) is 0 Å². The van der Waals surface area contributed by atoms with Crippen molar-refractivity contribution in [2.75, 3.05) is 18.1 Å². The number of nitrogens with two attached hydrogens (primary N) is 1. The van der Waals surface area contributed by atoms with Gasteiger partial charge in [0.25, 0.3) is 0 Å². The van der Waals surface area contributed by atoms with Crippen molar-refractivity contribution in [3.63, 3.8) is 0 Å². The van der Waals surface area contributed by atoms with E-state index in [-0.39, 0.29) is 24.0 Å². The van der Waals surface area contributed by atoms with E-state index in [9.17, 15) is 19.2 Å². The molecule has 0 aliphatic carbocycles. The first-order chi connectivity index (χ1) is 11.6. The van der Waals surface area contributed by atoms with Crippen LogP contribution in [-0.2, 0) is 19.2 Å². The Bertz CT molecular complexity index is 490. The van der Waals surface area contributed by atoms with Crippen LogP contribution in [0.25, 0.3) is 0 Å². The van der Waals surface area contributed by atoms with Gasteiger partial charge in [0, 0.05) is 11.5 Å². The molecule has 6 N–H and O–H groups in total. The molecule has 9 nitrogen and oxygen atoms in total. The Morgan fingerprint density at radius 2 is 1.60 bits per heavy atom. The van der Waals surface area contributed by atoms with Gasteiger partial charge in [0.1, 0.15) is 12.1 Å². The Morgan fingerprint density at radius 1 is 1.00 bits per heavy atom. The van der Waals surface area contributed by atoms with E-state index in [2.05, 4.69) is 41.2 Å². The van der Waals surface area contributed by atoms with E-state index >= 15 is 0 Å². The molecule has 0 heterocycles. The van der Waals surface area contributed by atoms with Crippen LogP contribution in [0, 0.1) is 5.92 Å². The average molecular weight is 395 g/mol. The van der Waals surface area contributed by atoms with Crippen LogP contribution in [0.5, 0.6) is 0 Å². The summed E-state index contributed by atoms with van der Waals surface area (Å²) in [6.07, 6.45) is 0.306. The molecule has 144 valence electrons. The number of carbonyl (C=O) groups is 4. The third kappa shape index (κ3) is 9.56. The number of carbonyl (C=O) groups excluding carboxylic acids is 3. The number of hydrogen-bond donors (Lipinski definition) is 7. The highest BCUT2D eigenvalue weighted by atomic mass is 32.1. The first-order valence-electron chi connectivity index (χ1n) is 7.69. The monoisotopic (exact) mass is 394 g/mol. The SMILES string of the molecule is CC(C)CC(NC(=O)CNC(=O)C(N)CS)C(=O)NC(CS)C(=O)O. The van der Waals surface area contributed by atoms with E-state index in [1.165, 1.54) is 0 Å². The van der Waals surface area contributed by atoms with Gasteiger partial charge in [-0.05, 0) is 12.3 Å². The molecule has 0 radical (unpaired) electrons. The number of carboxylic acids is 1. The maximum Gasteiger partial charge on any atom is 0.327 e. The van der Waals surface area contributed by atoms with Crippen molar-refractivity contribution >= 4 is 48.9 Å². The van der Waals surface area contributed by atoms with E-state index in [4.69, 9.17) is 10.8 Å². The number of carboxylic acid groups (broad SMARTS) is 1. The summed E-state index contributed by atoms with van der Waals surface area (Å²) in [6.45, 7) is 3.36. The fourth-order valence-electron chi connectivity index (χ4n) is 1.79. The van der Waals surface area contributed by atoms with Crippen LogP contribution in [0.4, 0.5) is 0 Å². The van der Waals surface area contributed by atoms with Crippen molar-refractivity contribution in [1.82, 2.24) is 16.0 Å². The van der Waals surface area contributed by atoms with Gasteiger partial charge in [0.05, 0.1) is 12.6 Å². The molecule has 3 unspecified atom stereocenters. The summed E-state index contributed by atoms with van der Waals surface area (Å²) >= 11 is 7.76. The number of nitrogens with one attached hydrogen (secondary N) is 3. The Labute approximate surface area is 157 Å². The van der Waals surface area contributed by atoms with Crippen molar-refractivity contribution in [1.29, 1.82) is 0 Å². The molecular formula is C14H26N4O5S2. The highest BCUT2D eigenvalue weighted by Gasteiger charge is 2.26. The van der Waals surface area contributed by atoms with Crippen LogP contribution < -0.4 is 21.7 Å². The first kappa shape index (κ1) is 23.5. The molecule has 0 aromatic carbocycles. The summed E-state index contributed by atoms with van der Waals surface area (Å²) in [5, 5.41) is 16.1. The van der Waals surface area contributed by atoms with Gasteiger partial charge in [-0.1, -0.05) is 13.8 Å². The molecule has 3 amide bonds. The second-order valence-electron chi connectivity index (χ2n) is 5.84. The van der Waals surface area contributed by atoms with Gasteiger partial charge in [0.15, 0.2) is 0 Å². The largest absolute Gasteiger partial charge is 0.480 e. The highest BCUT2D eigenvalue weighted by Crippen LogP contribution is 2.05. The lowest BCUT2D eigenvalue weighted by Gasteiger charge is -2.22. The Kier molecular flexibility index (Phi) is 11.3. The molecule has 0 fully saturated rings. The maximum absolute atomic E-state index is 12.2. The molecule has 3 atom stereocenters. The molecule has 0 aromatic rings.